The number of nitrogens with one attached hydrogen (secondary N) is 1. The van der Waals surface area contributed by atoms with Crippen molar-refractivity contribution in [3.8, 4) is 6.07 Å². The highest BCUT2D eigenvalue weighted by Crippen LogP contribution is 2.38. The summed E-state index contributed by atoms with van der Waals surface area (Å²) in [5, 5.41) is 12.6. The number of nitriles is 1. The van der Waals surface area contributed by atoms with Crippen molar-refractivity contribution in [2.45, 2.75) is 19.0 Å². The van der Waals surface area contributed by atoms with Crippen LogP contribution in [0.1, 0.15) is 24.0 Å². The van der Waals surface area contributed by atoms with Crippen molar-refractivity contribution in [2.75, 3.05) is 24.6 Å². The Morgan fingerprint density at radius 1 is 1.32 bits per heavy atom. The fourth-order valence-corrected chi connectivity index (χ4v) is 2.88. The molecule has 0 spiro atoms. The highest BCUT2D eigenvalue weighted by Gasteiger charge is 2.36. The standard InChI is InChI=1S/C16H15F3N4O2/c17-16(18,19)12-7-11(15-22-21-14(24)9-25-15)1-2-13(12)23-5-3-10(8-20)4-6-23/h1-2,7,10H,3-6,9H2,(H,21,24). The number of benzene rings is 1. The van der Waals surface area contributed by atoms with Gasteiger partial charge < -0.3 is 9.64 Å². The fourth-order valence-electron chi connectivity index (χ4n) is 2.88. The van der Waals surface area contributed by atoms with Gasteiger partial charge in [-0.15, -0.1) is 5.10 Å². The average molecular weight is 352 g/mol. The molecule has 132 valence electrons. The van der Waals surface area contributed by atoms with Crippen molar-refractivity contribution in [2.24, 2.45) is 11.0 Å². The van der Waals surface area contributed by atoms with E-state index >= 15 is 0 Å². The third-order valence-corrected chi connectivity index (χ3v) is 4.19. The molecule has 0 saturated carbocycles. The minimum absolute atomic E-state index is 0.0557. The van der Waals surface area contributed by atoms with Crippen LogP contribution < -0.4 is 10.3 Å². The number of rotatable bonds is 2. The van der Waals surface area contributed by atoms with E-state index in [-0.39, 0.29) is 29.7 Å². The summed E-state index contributed by atoms with van der Waals surface area (Å²) >= 11 is 0. The summed E-state index contributed by atoms with van der Waals surface area (Å²) in [5.74, 6) is -0.630. The topological polar surface area (TPSA) is 77.7 Å². The van der Waals surface area contributed by atoms with Crippen molar-refractivity contribution < 1.29 is 22.7 Å². The van der Waals surface area contributed by atoms with Crippen molar-refractivity contribution in [3.05, 3.63) is 29.3 Å². The molecule has 0 atom stereocenters. The lowest BCUT2D eigenvalue weighted by molar-refractivity contribution is -0.137. The zero-order chi connectivity index (χ0) is 18.0. The van der Waals surface area contributed by atoms with Gasteiger partial charge in [0.05, 0.1) is 11.6 Å². The number of ether oxygens (including phenoxy) is 1. The first-order valence-corrected chi connectivity index (χ1v) is 7.74. The first-order chi connectivity index (χ1) is 11.9. The highest BCUT2D eigenvalue weighted by atomic mass is 19.4. The molecule has 1 saturated heterocycles. The first kappa shape index (κ1) is 17.1. The van der Waals surface area contributed by atoms with Crippen LogP contribution in [0.3, 0.4) is 0 Å². The van der Waals surface area contributed by atoms with Crippen molar-refractivity contribution in [1.29, 1.82) is 5.26 Å². The van der Waals surface area contributed by atoms with Crippen LogP contribution in [0.25, 0.3) is 0 Å². The van der Waals surface area contributed by atoms with Gasteiger partial charge in [-0.05, 0) is 31.0 Å². The number of halogens is 3. The lowest BCUT2D eigenvalue weighted by Crippen LogP contribution is -2.35. The molecule has 1 fully saturated rings. The van der Waals surface area contributed by atoms with Crippen LogP contribution in [-0.4, -0.2) is 31.5 Å². The third-order valence-electron chi connectivity index (χ3n) is 4.19. The number of carbonyl (C=O) groups excluding carboxylic acids is 1. The Morgan fingerprint density at radius 2 is 2.04 bits per heavy atom. The second kappa shape index (κ2) is 6.63. The Bertz CT molecular complexity index is 747. The van der Waals surface area contributed by atoms with E-state index < -0.39 is 17.6 Å². The Balaban J connectivity index is 1.92. The largest absolute Gasteiger partial charge is 0.466 e. The SMILES string of the molecule is N#CC1CCN(c2ccc(C3=NNC(=O)CO3)cc2C(F)(F)F)CC1. The highest BCUT2D eigenvalue weighted by molar-refractivity contribution is 5.98. The minimum Gasteiger partial charge on any atom is -0.466 e. The van der Waals surface area contributed by atoms with E-state index in [1.165, 1.54) is 12.1 Å². The maximum absolute atomic E-state index is 13.5. The molecule has 0 bridgehead atoms. The van der Waals surface area contributed by atoms with E-state index in [4.69, 9.17) is 10.00 Å². The molecule has 2 aliphatic heterocycles. The van der Waals surface area contributed by atoms with Crippen molar-refractivity contribution >= 4 is 17.5 Å². The van der Waals surface area contributed by atoms with Gasteiger partial charge in [-0.2, -0.15) is 18.4 Å². The molecule has 1 amide bonds. The van der Waals surface area contributed by atoms with Gasteiger partial charge in [-0.3, -0.25) is 4.79 Å². The quantitative estimate of drug-likeness (QED) is 0.886. The molecule has 1 aromatic carbocycles. The molecular weight excluding hydrogens is 337 g/mol. The van der Waals surface area contributed by atoms with Gasteiger partial charge in [0.25, 0.3) is 5.91 Å². The van der Waals surface area contributed by atoms with Crippen LogP contribution in [0.15, 0.2) is 23.3 Å². The molecule has 1 aromatic rings. The number of hydrogen-bond donors (Lipinski definition) is 1. The molecule has 6 nitrogen and oxygen atoms in total. The van der Waals surface area contributed by atoms with Crippen LogP contribution in [-0.2, 0) is 15.7 Å². The molecule has 0 aliphatic carbocycles. The molecule has 1 N–H and O–H groups in total. The molecule has 3 rings (SSSR count). The number of anilines is 1. The summed E-state index contributed by atoms with van der Waals surface area (Å²) in [7, 11) is 0. The summed E-state index contributed by atoms with van der Waals surface area (Å²) in [5.41, 5.74) is 1.61. The van der Waals surface area contributed by atoms with Crippen LogP contribution in [0.2, 0.25) is 0 Å². The smallest absolute Gasteiger partial charge is 0.418 e. The fraction of sp³-hybridized carbons (Fsp3) is 0.438. The number of alkyl halides is 3. The van der Waals surface area contributed by atoms with Gasteiger partial charge in [0.2, 0.25) is 5.90 Å². The van der Waals surface area contributed by atoms with Gasteiger partial charge in [0.15, 0.2) is 6.61 Å². The summed E-state index contributed by atoms with van der Waals surface area (Å²) in [6.45, 7) is 0.506. The van der Waals surface area contributed by atoms with Crippen LogP contribution in [0.4, 0.5) is 18.9 Å². The summed E-state index contributed by atoms with van der Waals surface area (Å²) < 4.78 is 45.7. The number of hydrogen-bond acceptors (Lipinski definition) is 5. The number of nitrogens with zero attached hydrogens (tertiary/aromatic N) is 3. The summed E-state index contributed by atoms with van der Waals surface area (Å²) in [6.07, 6.45) is -3.47. The zero-order valence-corrected chi connectivity index (χ0v) is 13.1. The van der Waals surface area contributed by atoms with Gasteiger partial charge in [-0.25, -0.2) is 5.43 Å². The molecule has 9 heteroatoms. The monoisotopic (exact) mass is 352 g/mol. The number of amides is 1. The van der Waals surface area contributed by atoms with E-state index in [1.54, 1.807) is 4.90 Å². The maximum atomic E-state index is 13.5. The predicted octanol–water partition coefficient (Wildman–Crippen LogP) is 2.25. The van der Waals surface area contributed by atoms with E-state index in [0.717, 1.165) is 6.07 Å². The second-order valence-electron chi connectivity index (χ2n) is 5.86. The maximum Gasteiger partial charge on any atom is 0.418 e. The van der Waals surface area contributed by atoms with E-state index in [2.05, 4.69) is 16.6 Å². The number of piperidine rings is 1. The van der Waals surface area contributed by atoms with Crippen LogP contribution >= 0.6 is 0 Å². The first-order valence-electron chi connectivity index (χ1n) is 7.74. The van der Waals surface area contributed by atoms with Gasteiger partial charge in [0.1, 0.15) is 0 Å². The second-order valence-corrected chi connectivity index (χ2v) is 5.86. The van der Waals surface area contributed by atoms with Crippen molar-refractivity contribution in [3.63, 3.8) is 0 Å². The van der Waals surface area contributed by atoms with Gasteiger partial charge in [-0.1, -0.05) is 0 Å². The van der Waals surface area contributed by atoms with Gasteiger partial charge >= 0.3 is 6.18 Å². The number of hydrazone groups is 1. The van der Waals surface area contributed by atoms with Crippen molar-refractivity contribution in [1.82, 2.24) is 5.43 Å². The average Bonchev–Trinajstić information content (AvgIpc) is 2.61. The van der Waals surface area contributed by atoms with E-state index in [0.29, 0.717) is 25.9 Å². The molecule has 2 heterocycles. The molecular formula is C16H15F3N4O2. The minimum atomic E-state index is -4.55. The normalized spacial score (nSPS) is 18.9. The number of carbonyl (C=O) groups is 1. The predicted molar refractivity (Wildman–Crippen MR) is 82.6 cm³/mol. The van der Waals surface area contributed by atoms with Crippen LogP contribution in [0.5, 0.6) is 0 Å². The molecule has 0 radical (unpaired) electrons. The molecule has 25 heavy (non-hydrogen) atoms. The summed E-state index contributed by atoms with van der Waals surface area (Å²) in [4.78, 5) is 12.7. The summed E-state index contributed by atoms with van der Waals surface area (Å²) in [6, 6.07) is 6.00. The Hall–Kier alpha value is -2.76. The molecule has 2 aliphatic rings. The Morgan fingerprint density at radius 3 is 2.60 bits per heavy atom. The van der Waals surface area contributed by atoms with Crippen LogP contribution in [0, 0.1) is 17.2 Å². The van der Waals surface area contributed by atoms with E-state index in [9.17, 15) is 18.0 Å². The zero-order valence-electron chi connectivity index (χ0n) is 13.1. The third kappa shape index (κ3) is 3.68. The molecule has 0 aromatic heterocycles. The molecule has 0 unspecified atom stereocenters. The lowest BCUT2D eigenvalue weighted by Gasteiger charge is -2.33. The Labute approximate surface area is 141 Å². The van der Waals surface area contributed by atoms with Gasteiger partial charge in [0, 0.05) is 30.3 Å². The Kier molecular flexibility index (Phi) is 4.53. The van der Waals surface area contributed by atoms with E-state index in [1.807, 2.05) is 0 Å². The lowest BCUT2D eigenvalue weighted by atomic mass is 9.97.